The van der Waals surface area contributed by atoms with E-state index in [1.807, 2.05) is 23.5 Å². The first kappa shape index (κ1) is 21.7. The van der Waals surface area contributed by atoms with Crippen LogP contribution in [0.2, 0.25) is 0 Å². The second-order valence-electron chi connectivity index (χ2n) is 5.92. The van der Waals surface area contributed by atoms with Gasteiger partial charge < -0.3 is 11.5 Å². The molecule has 6 heteroatoms. The number of nitrogens with two attached hydrogens (primary N) is 2. The summed E-state index contributed by atoms with van der Waals surface area (Å²) < 4.78 is 0. The lowest BCUT2D eigenvalue weighted by atomic mass is 10.0. The van der Waals surface area contributed by atoms with Gasteiger partial charge in [-0.2, -0.15) is 23.5 Å². The Morgan fingerprint density at radius 3 is 1.54 bits per heavy atom. The van der Waals surface area contributed by atoms with E-state index >= 15 is 0 Å². The molecular weight excluding hydrogens is 336 g/mol. The van der Waals surface area contributed by atoms with Crippen molar-refractivity contribution in [2.45, 2.75) is 24.9 Å². The van der Waals surface area contributed by atoms with Gasteiger partial charge in [-0.3, -0.25) is 9.80 Å². The van der Waals surface area contributed by atoms with Crippen LogP contribution in [0.25, 0.3) is 0 Å². The molecule has 0 aromatic carbocycles. The fourth-order valence-electron chi connectivity index (χ4n) is 3.01. The van der Waals surface area contributed by atoms with E-state index in [-0.39, 0.29) is 0 Å². The number of hydrogen-bond donors (Lipinski definition) is 2. The Balaban J connectivity index is 2.58. The van der Waals surface area contributed by atoms with Gasteiger partial charge in [-0.05, 0) is 0 Å². The van der Waals surface area contributed by atoms with Crippen molar-refractivity contribution >= 4 is 23.5 Å². The SMILES string of the molecule is C#CCC1CN(CCSCCN)C(CC#C)CN1CCSCCN. The lowest BCUT2D eigenvalue weighted by molar-refractivity contribution is 0.0400. The standard InChI is InChI=1S/C18H32N4S2/c1-3-5-17-15-22(10-14-24-12-8-20)18(6-4-2)16-21(17)9-13-23-11-7-19/h1-2,17-18H,5-16,19-20H2. The van der Waals surface area contributed by atoms with Gasteiger partial charge in [0.15, 0.2) is 0 Å². The molecule has 0 amide bonds. The molecule has 0 aromatic heterocycles. The van der Waals surface area contributed by atoms with Crippen LogP contribution in [-0.2, 0) is 0 Å². The first-order valence-corrected chi connectivity index (χ1v) is 11.0. The fraction of sp³-hybridized carbons (Fsp3) is 0.778. The number of thioether (sulfide) groups is 2. The maximum atomic E-state index is 5.61. The monoisotopic (exact) mass is 368 g/mol. The number of piperazine rings is 1. The van der Waals surface area contributed by atoms with Crippen LogP contribution in [0, 0.1) is 24.7 Å². The minimum absolute atomic E-state index is 0.432. The third kappa shape index (κ3) is 8.16. The zero-order valence-corrected chi connectivity index (χ0v) is 16.3. The van der Waals surface area contributed by atoms with Gasteiger partial charge in [-0.25, -0.2) is 0 Å². The summed E-state index contributed by atoms with van der Waals surface area (Å²) in [5, 5.41) is 0. The van der Waals surface area contributed by atoms with Gasteiger partial charge in [0.1, 0.15) is 0 Å². The van der Waals surface area contributed by atoms with Crippen LogP contribution in [0.1, 0.15) is 12.8 Å². The topological polar surface area (TPSA) is 58.5 Å². The van der Waals surface area contributed by atoms with Crippen LogP contribution in [-0.4, -0.2) is 84.2 Å². The van der Waals surface area contributed by atoms with E-state index in [1.54, 1.807) is 0 Å². The van der Waals surface area contributed by atoms with Gasteiger partial charge >= 0.3 is 0 Å². The van der Waals surface area contributed by atoms with E-state index in [4.69, 9.17) is 24.3 Å². The van der Waals surface area contributed by atoms with Crippen LogP contribution in [0.15, 0.2) is 0 Å². The molecule has 136 valence electrons. The molecule has 1 fully saturated rings. The molecule has 1 heterocycles. The van der Waals surface area contributed by atoms with Gasteiger partial charge in [0, 0.05) is 87.2 Å². The number of hydrogen-bond acceptors (Lipinski definition) is 6. The molecule has 2 atom stereocenters. The maximum Gasteiger partial charge on any atom is 0.0333 e. The molecule has 4 N–H and O–H groups in total. The van der Waals surface area contributed by atoms with E-state index in [9.17, 15) is 0 Å². The van der Waals surface area contributed by atoms with E-state index in [2.05, 4.69) is 21.6 Å². The van der Waals surface area contributed by atoms with Gasteiger partial charge in [-0.15, -0.1) is 24.7 Å². The van der Waals surface area contributed by atoms with Crippen molar-refractivity contribution in [3.8, 4) is 24.7 Å². The average molecular weight is 369 g/mol. The molecule has 0 aliphatic carbocycles. The van der Waals surface area contributed by atoms with Gasteiger partial charge in [0.2, 0.25) is 0 Å². The molecule has 2 unspecified atom stereocenters. The fourth-order valence-corrected chi connectivity index (χ4v) is 4.48. The highest BCUT2D eigenvalue weighted by Crippen LogP contribution is 2.21. The van der Waals surface area contributed by atoms with Crippen LogP contribution in [0.5, 0.6) is 0 Å². The molecule has 0 spiro atoms. The Kier molecular flexibility index (Phi) is 12.6. The predicted octanol–water partition coefficient (Wildman–Crippen LogP) is 0.772. The van der Waals surface area contributed by atoms with Gasteiger partial charge in [0.05, 0.1) is 0 Å². The summed E-state index contributed by atoms with van der Waals surface area (Å²) >= 11 is 3.83. The second kappa shape index (κ2) is 13.9. The Labute approximate surface area is 156 Å². The average Bonchev–Trinajstić information content (AvgIpc) is 2.58. The first-order valence-electron chi connectivity index (χ1n) is 8.67. The Morgan fingerprint density at radius 1 is 0.792 bits per heavy atom. The minimum Gasteiger partial charge on any atom is -0.330 e. The van der Waals surface area contributed by atoms with E-state index in [0.29, 0.717) is 12.1 Å². The number of rotatable bonds is 12. The normalized spacial score (nSPS) is 22.2. The minimum atomic E-state index is 0.432. The van der Waals surface area contributed by atoms with Crippen LogP contribution in [0.4, 0.5) is 0 Å². The van der Waals surface area contributed by atoms with Crippen LogP contribution >= 0.6 is 23.5 Å². The molecule has 0 saturated carbocycles. The van der Waals surface area contributed by atoms with E-state index in [1.165, 1.54) is 0 Å². The highest BCUT2D eigenvalue weighted by atomic mass is 32.2. The van der Waals surface area contributed by atoms with Crippen LogP contribution in [0.3, 0.4) is 0 Å². The van der Waals surface area contributed by atoms with Crippen molar-refractivity contribution in [2.75, 3.05) is 62.3 Å². The second-order valence-corrected chi connectivity index (χ2v) is 8.37. The summed E-state index contributed by atoms with van der Waals surface area (Å²) in [6, 6.07) is 0.865. The zero-order valence-electron chi connectivity index (χ0n) is 14.7. The van der Waals surface area contributed by atoms with E-state index in [0.717, 1.165) is 75.1 Å². The van der Waals surface area contributed by atoms with Crippen LogP contribution < -0.4 is 11.5 Å². The third-order valence-electron chi connectivity index (χ3n) is 4.20. The Hall–Kier alpha value is -0.340. The predicted molar refractivity (Wildman–Crippen MR) is 110 cm³/mol. The first-order chi connectivity index (χ1) is 11.8. The van der Waals surface area contributed by atoms with Crippen molar-refractivity contribution in [1.82, 2.24) is 9.80 Å². The lowest BCUT2D eigenvalue weighted by Crippen LogP contribution is -2.58. The van der Waals surface area contributed by atoms with Crippen molar-refractivity contribution < 1.29 is 0 Å². The molecule has 0 aromatic rings. The summed E-state index contributed by atoms with van der Waals surface area (Å²) in [5.74, 6) is 9.96. The number of nitrogens with zero attached hydrogens (tertiary/aromatic N) is 2. The summed E-state index contributed by atoms with van der Waals surface area (Å²) in [5.41, 5.74) is 11.1. The van der Waals surface area contributed by atoms with Crippen molar-refractivity contribution in [2.24, 2.45) is 11.5 Å². The molecule has 0 bridgehead atoms. The Morgan fingerprint density at radius 2 is 1.21 bits per heavy atom. The summed E-state index contributed by atoms with van der Waals surface area (Å²) in [6.45, 7) is 5.64. The molecule has 1 aliphatic heterocycles. The number of terminal acetylenes is 2. The van der Waals surface area contributed by atoms with Gasteiger partial charge in [0.25, 0.3) is 0 Å². The quantitative estimate of drug-likeness (QED) is 0.392. The highest BCUT2D eigenvalue weighted by molar-refractivity contribution is 7.99. The summed E-state index contributed by atoms with van der Waals surface area (Å²) in [7, 11) is 0. The molecule has 1 aliphatic rings. The molecule has 1 saturated heterocycles. The highest BCUT2D eigenvalue weighted by Gasteiger charge is 2.32. The Bertz CT molecular complexity index is 367. The van der Waals surface area contributed by atoms with Crippen molar-refractivity contribution in [1.29, 1.82) is 0 Å². The summed E-state index contributed by atoms with van der Waals surface area (Å²) in [6.07, 6.45) is 12.8. The largest absolute Gasteiger partial charge is 0.330 e. The zero-order chi connectivity index (χ0) is 17.6. The molecule has 24 heavy (non-hydrogen) atoms. The molecule has 0 radical (unpaired) electrons. The molecule has 1 rings (SSSR count). The lowest BCUT2D eigenvalue weighted by Gasteiger charge is -2.45. The van der Waals surface area contributed by atoms with Crippen molar-refractivity contribution in [3.05, 3.63) is 0 Å². The maximum absolute atomic E-state index is 5.61. The smallest absolute Gasteiger partial charge is 0.0333 e. The molecule has 4 nitrogen and oxygen atoms in total. The van der Waals surface area contributed by atoms with Crippen molar-refractivity contribution in [3.63, 3.8) is 0 Å². The third-order valence-corrected chi connectivity index (χ3v) is 6.19. The van der Waals surface area contributed by atoms with E-state index < -0.39 is 0 Å². The van der Waals surface area contributed by atoms with Gasteiger partial charge in [-0.1, -0.05) is 0 Å². The molecular formula is C18H32N4S2. The summed E-state index contributed by atoms with van der Waals surface area (Å²) in [4.78, 5) is 5.07.